The lowest BCUT2D eigenvalue weighted by molar-refractivity contribution is -0.157. The van der Waals surface area contributed by atoms with Crippen LogP contribution < -0.4 is 5.32 Å². The van der Waals surface area contributed by atoms with Crippen LogP contribution in [0.15, 0.2) is 206 Å². The molecule has 6 rings (SSSR count). The second-order valence-electron chi connectivity index (χ2n) is 17.6. The molecule has 0 radical (unpaired) electrons. The van der Waals surface area contributed by atoms with Crippen molar-refractivity contribution < 1.29 is 32.8 Å². The number of carbonyl (C=O) groups excluding carboxylic acids is 1. The largest absolute Gasteiger partial charge is 0.472 e. The van der Waals surface area contributed by atoms with E-state index in [1.807, 2.05) is 146 Å². The van der Waals surface area contributed by atoms with Crippen LogP contribution >= 0.6 is 7.82 Å². The smallest absolute Gasteiger partial charge is 0.457 e. The fraction of sp³-hybridized carbons (Fsp3) is 0.328. The van der Waals surface area contributed by atoms with Gasteiger partial charge in [0.1, 0.15) is 11.7 Å². The van der Waals surface area contributed by atoms with Gasteiger partial charge in [0.05, 0.1) is 25.4 Å². The van der Waals surface area contributed by atoms with Gasteiger partial charge in [-0.3, -0.25) is 19.2 Å². The zero-order valence-electron chi connectivity index (χ0n) is 40.9. The molecule has 0 spiro atoms. The predicted molar refractivity (Wildman–Crippen MR) is 283 cm³/mol. The molecule has 6 aromatic rings. The molecule has 0 aliphatic heterocycles. The van der Waals surface area contributed by atoms with Crippen molar-refractivity contribution in [2.45, 2.75) is 101 Å². The summed E-state index contributed by atoms with van der Waals surface area (Å²) in [5.41, 5.74) is 3.67. The number of hydrogen-bond donors (Lipinski definition) is 2. The molecule has 0 aliphatic carbocycles. The molecule has 0 saturated carbocycles. The van der Waals surface area contributed by atoms with Crippen LogP contribution in [0.4, 0.5) is 0 Å². The normalized spacial score (nSPS) is 13.3. The summed E-state index contributed by atoms with van der Waals surface area (Å²) in [6.07, 6.45) is 20.0. The van der Waals surface area contributed by atoms with Crippen LogP contribution in [0.3, 0.4) is 0 Å². The molecule has 2 N–H and O–H groups in total. The summed E-state index contributed by atoms with van der Waals surface area (Å²) in [6.45, 7) is 1.67. The number of hydrogen-bond acceptors (Lipinski definition) is 7. The molecule has 1 unspecified atom stereocenters. The molecule has 2 atom stereocenters. The van der Waals surface area contributed by atoms with Gasteiger partial charge in [-0.1, -0.05) is 245 Å². The van der Waals surface area contributed by atoms with E-state index < -0.39 is 37.6 Å². The predicted octanol–water partition coefficient (Wildman–Crippen LogP) is 14.4. The maximum Gasteiger partial charge on any atom is 0.472 e. The van der Waals surface area contributed by atoms with Crippen molar-refractivity contribution in [3.05, 3.63) is 240 Å². The zero-order valence-corrected chi connectivity index (χ0v) is 41.8. The second-order valence-corrected chi connectivity index (χ2v) is 19.0. The average Bonchev–Trinajstić information content (AvgIpc) is 3.41. The van der Waals surface area contributed by atoms with E-state index in [1.54, 1.807) is 0 Å². The summed E-state index contributed by atoms with van der Waals surface area (Å²) < 4.78 is 38.2. The Balaban J connectivity index is 1.11. The van der Waals surface area contributed by atoms with Gasteiger partial charge in [-0.2, -0.15) is 0 Å². The molecule has 0 aromatic heterocycles. The first kappa shape index (κ1) is 53.6. The van der Waals surface area contributed by atoms with Crippen molar-refractivity contribution in [2.24, 2.45) is 0 Å². The second kappa shape index (κ2) is 29.5. The maximum absolute atomic E-state index is 13.7. The van der Waals surface area contributed by atoms with Crippen LogP contribution in [0.2, 0.25) is 0 Å². The maximum atomic E-state index is 13.7. The molecular formula is C61H72NO7P. The monoisotopic (exact) mass is 962 g/mol. The molecule has 0 heterocycles. The van der Waals surface area contributed by atoms with E-state index >= 15 is 0 Å². The molecule has 8 nitrogen and oxygen atoms in total. The lowest BCUT2D eigenvalue weighted by Crippen LogP contribution is -2.46. The topological polar surface area (TPSA) is 103 Å². The number of unbranched alkanes of at least 4 members (excludes halogenated alkanes) is 8. The molecule has 0 aliphatic rings. The van der Waals surface area contributed by atoms with Crippen LogP contribution in [0.1, 0.15) is 117 Å². The molecule has 0 fully saturated rings. The van der Waals surface area contributed by atoms with Gasteiger partial charge in [0.15, 0.2) is 0 Å². The molecule has 9 heteroatoms. The Morgan fingerprint density at radius 1 is 0.543 bits per heavy atom. The highest BCUT2D eigenvalue weighted by Gasteiger charge is 2.40. The highest BCUT2D eigenvalue weighted by molar-refractivity contribution is 7.47. The van der Waals surface area contributed by atoms with Crippen LogP contribution in [0.25, 0.3) is 0 Å². The van der Waals surface area contributed by atoms with Crippen LogP contribution in [0, 0.1) is 0 Å². The minimum atomic E-state index is -4.67. The Morgan fingerprint density at radius 2 is 0.957 bits per heavy atom. The first-order valence-electron chi connectivity index (χ1n) is 25.2. The number of allylic oxidation sites excluding steroid dienone is 4. The minimum absolute atomic E-state index is 0.151. The number of benzene rings is 6. The van der Waals surface area contributed by atoms with Gasteiger partial charge in [0.2, 0.25) is 0 Å². The van der Waals surface area contributed by atoms with Crippen LogP contribution in [-0.2, 0) is 39.0 Å². The van der Waals surface area contributed by atoms with E-state index in [1.165, 1.54) is 19.3 Å². The molecule has 368 valence electrons. The van der Waals surface area contributed by atoms with Crippen molar-refractivity contribution in [1.29, 1.82) is 0 Å². The summed E-state index contributed by atoms with van der Waals surface area (Å²) in [5.74, 6) is -0.426. The van der Waals surface area contributed by atoms with Gasteiger partial charge in [-0.25, -0.2) is 4.57 Å². The summed E-state index contributed by atoms with van der Waals surface area (Å²) in [7, 11) is -4.67. The fourth-order valence-corrected chi connectivity index (χ4v) is 9.66. The standard InChI is InChI=1S/C61H72NO7P/c1-2-3-4-5-6-7-8-9-10-11-12-13-14-15-34-47-59(63)69-58(50-66-61(55-41-28-19-29-42-55,56-43-30-20-31-44-56)57-45-32-21-33-46-57)51-68-70(64,65)67-49-48-62-60(52-35-22-16-23-36-52,53-37-24-17-25-38-53)54-39-26-18-27-40-54/h6-7,9-10,16-33,35-46,58,62H,2-5,8,11-15,34,47-51H2,1H3,(H,64,65)/b7-6-,10-9-/t58-/m1/s1. The lowest BCUT2D eigenvalue weighted by atomic mass is 9.77. The third kappa shape index (κ3) is 16.2. The number of ether oxygens (including phenoxy) is 2. The zero-order chi connectivity index (χ0) is 49.0. The number of phosphoric acid groups is 1. The number of esters is 1. The summed E-state index contributed by atoms with van der Waals surface area (Å²) >= 11 is 0. The third-order valence-electron chi connectivity index (χ3n) is 12.4. The molecular weight excluding hydrogens is 890 g/mol. The van der Waals surface area contributed by atoms with E-state index in [-0.39, 0.29) is 26.2 Å². The first-order chi connectivity index (χ1) is 34.4. The Hall–Kier alpha value is -5.70. The van der Waals surface area contributed by atoms with Gasteiger partial charge in [0, 0.05) is 13.0 Å². The lowest BCUT2D eigenvalue weighted by Gasteiger charge is -2.37. The third-order valence-corrected chi connectivity index (χ3v) is 13.4. The van der Waals surface area contributed by atoms with Crippen LogP contribution in [0.5, 0.6) is 0 Å². The molecule has 6 aromatic carbocycles. The van der Waals surface area contributed by atoms with Crippen LogP contribution in [-0.4, -0.2) is 43.3 Å². The van der Waals surface area contributed by atoms with E-state index in [0.717, 1.165) is 78.3 Å². The number of rotatable bonds is 32. The van der Waals surface area contributed by atoms with Gasteiger partial charge < -0.3 is 14.4 Å². The van der Waals surface area contributed by atoms with E-state index in [2.05, 4.69) is 72.9 Å². The van der Waals surface area contributed by atoms with Crippen molar-refractivity contribution in [3.63, 3.8) is 0 Å². The van der Waals surface area contributed by atoms with Crippen molar-refractivity contribution in [3.8, 4) is 0 Å². The quantitative estimate of drug-likeness (QED) is 0.0142. The number of nitrogens with one attached hydrogen (secondary N) is 1. The number of phosphoric ester groups is 1. The highest BCUT2D eigenvalue weighted by atomic mass is 31.2. The fourth-order valence-electron chi connectivity index (χ4n) is 8.91. The first-order valence-corrected chi connectivity index (χ1v) is 26.7. The van der Waals surface area contributed by atoms with E-state index in [0.29, 0.717) is 6.42 Å². The van der Waals surface area contributed by atoms with Gasteiger partial charge in [-0.15, -0.1) is 0 Å². The summed E-state index contributed by atoms with van der Waals surface area (Å²) in [4.78, 5) is 24.8. The van der Waals surface area contributed by atoms with Crippen molar-refractivity contribution in [1.82, 2.24) is 5.32 Å². The van der Waals surface area contributed by atoms with E-state index in [9.17, 15) is 14.3 Å². The molecule has 70 heavy (non-hydrogen) atoms. The molecule has 0 amide bonds. The molecule has 0 saturated heterocycles. The minimum Gasteiger partial charge on any atom is -0.457 e. The Morgan fingerprint density at radius 3 is 1.41 bits per heavy atom. The van der Waals surface area contributed by atoms with Gasteiger partial charge in [0.25, 0.3) is 0 Å². The molecule has 0 bridgehead atoms. The average molecular weight is 962 g/mol. The van der Waals surface area contributed by atoms with Crippen molar-refractivity contribution in [2.75, 3.05) is 26.4 Å². The Kier molecular flexibility index (Phi) is 22.6. The number of carbonyl (C=O) groups is 1. The Bertz CT molecular complexity index is 2260. The van der Waals surface area contributed by atoms with Gasteiger partial charge in [-0.05, 0) is 71.9 Å². The van der Waals surface area contributed by atoms with Crippen molar-refractivity contribution >= 4 is 13.8 Å². The summed E-state index contributed by atoms with van der Waals surface area (Å²) in [6, 6.07) is 60.0. The van der Waals surface area contributed by atoms with Gasteiger partial charge >= 0.3 is 13.8 Å². The SMILES string of the molecule is CCCCC/C=C\C/C=C\CCCCCCCC(=O)O[C@H](COC(c1ccccc1)(c1ccccc1)c1ccccc1)COP(=O)(O)OCCNC(c1ccccc1)(c1ccccc1)c1ccccc1. The summed E-state index contributed by atoms with van der Waals surface area (Å²) in [5, 5.41) is 3.68. The highest BCUT2D eigenvalue weighted by Crippen LogP contribution is 2.45. The Labute approximate surface area is 417 Å². The van der Waals surface area contributed by atoms with E-state index in [4.69, 9.17) is 18.5 Å².